The van der Waals surface area contributed by atoms with Gasteiger partial charge in [-0.05, 0) is 63.4 Å². The van der Waals surface area contributed by atoms with E-state index in [4.69, 9.17) is 16.3 Å². The lowest BCUT2D eigenvalue weighted by Crippen LogP contribution is -2.18. The van der Waals surface area contributed by atoms with Crippen LogP contribution in [-0.2, 0) is 28.9 Å². The number of esters is 1. The molecule has 0 bridgehead atoms. The summed E-state index contributed by atoms with van der Waals surface area (Å²) in [6, 6.07) is 0. The van der Waals surface area contributed by atoms with E-state index in [-0.39, 0.29) is 29.3 Å². The van der Waals surface area contributed by atoms with Gasteiger partial charge in [-0.2, -0.15) is 4.68 Å². The SMILES string of the molecule is Cc1c(Cl)c([N+](=O)[O-])nn1CCCC(=O)Nc1sc2c(c1C(=O)OC(C)C)CCCC2. The van der Waals surface area contributed by atoms with Crippen LogP contribution in [0.2, 0.25) is 5.02 Å². The number of aromatic nitrogens is 2. The predicted octanol–water partition coefficient (Wildman–Crippen LogP) is 4.68. The Balaban J connectivity index is 1.67. The van der Waals surface area contributed by atoms with Gasteiger partial charge >= 0.3 is 11.8 Å². The maximum Gasteiger partial charge on any atom is 0.408 e. The molecule has 0 aliphatic heterocycles. The molecule has 1 aliphatic carbocycles. The largest absolute Gasteiger partial charge is 0.459 e. The Hall–Kier alpha value is -2.46. The van der Waals surface area contributed by atoms with Crippen molar-refractivity contribution in [1.82, 2.24) is 9.78 Å². The van der Waals surface area contributed by atoms with Gasteiger partial charge in [0, 0.05) is 11.3 Å². The van der Waals surface area contributed by atoms with Crippen LogP contribution >= 0.6 is 22.9 Å². The van der Waals surface area contributed by atoms with E-state index in [2.05, 4.69) is 10.4 Å². The molecule has 0 radical (unpaired) electrons. The van der Waals surface area contributed by atoms with E-state index in [0.717, 1.165) is 36.1 Å². The fourth-order valence-corrected chi connectivity index (χ4v) is 5.06. The van der Waals surface area contributed by atoms with Gasteiger partial charge in [0.25, 0.3) is 0 Å². The van der Waals surface area contributed by atoms with Crippen molar-refractivity contribution >= 4 is 45.6 Å². The van der Waals surface area contributed by atoms with Gasteiger partial charge in [0.1, 0.15) is 5.00 Å². The predicted molar refractivity (Wildman–Crippen MR) is 118 cm³/mol. The first-order valence-electron chi connectivity index (χ1n) is 10.2. The third-order valence-electron chi connectivity index (χ3n) is 5.03. The molecule has 31 heavy (non-hydrogen) atoms. The lowest BCUT2D eigenvalue weighted by atomic mass is 9.95. The van der Waals surface area contributed by atoms with Crippen LogP contribution in [0.15, 0.2) is 0 Å². The first-order valence-corrected chi connectivity index (χ1v) is 11.4. The van der Waals surface area contributed by atoms with Crippen LogP contribution in [0, 0.1) is 17.0 Å². The molecule has 2 heterocycles. The molecule has 0 saturated heterocycles. The van der Waals surface area contributed by atoms with E-state index < -0.39 is 10.9 Å². The standard InChI is InChI=1S/C20H25ClN4O5S/c1-11(2)30-20(27)16-13-7-4-5-8-14(13)31-19(16)22-15(26)9-6-10-24-12(3)17(21)18(23-24)25(28)29/h11H,4-10H2,1-3H3,(H,22,26). The van der Waals surface area contributed by atoms with Crippen LogP contribution in [0.4, 0.5) is 10.8 Å². The molecule has 168 valence electrons. The number of nitrogens with zero attached hydrogens (tertiary/aromatic N) is 3. The lowest BCUT2D eigenvalue weighted by molar-refractivity contribution is -0.389. The Morgan fingerprint density at radius 2 is 2.06 bits per heavy atom. The number of ether oxygens (including phenoxy) is 1. The number of amides is 1. The zero-order chi connectivity index (χ0) is 22.7. The maximum atomic E-state index is 12.7. The molecule has 2 aromatic heterocycles. The molecule has 0 atom stereocenters. The zero-order valence-corrected chi connectivity index (χ0v) is 19.3. The molecule has 0 unspecified atom stereocenters. The van der Waals surface area contributed by atoms with Crippen LogP contribution in [0.3, 0.4) is 0 Å². The molecule has 1 amide bonds. The van der Waals surface area contributed by atoms with Crippen molar-refractivity contribution in [1.29, 1.82) is 0 Å². The highest BCUT2D eigenvalue weighted by Gasteiger charge is 2.28. The molecule has 3 rings (SSSR count). The topological polar surface area (TPSA) is 116 Å². The molecule has 0 aromatic carbocycles. The minimum Gasteiger partial charge on any atom is -0.459 e. The quantitative estimate of drug-likeness (QED) is 0.341. The van der Waals surface area contributed by atoms with Gasteiger partial charge in [-0.1, -0.05) is 11.6 Å². The van der Waals surface area contributed by atoms with Crippen LogP contribution < -0.4 is 5.32 Å². The van der Waals surface area contributed by atoms with E-state index in [1.807, 2.05) is 0 Å². The van der Waals surface area contributed by atoms with Crippen molar-refractivity contribution in [2.75, 3.05) is 5.32 Å². The van der Waals surface area contributed by atoms with Crippen LogP contribution in [0.5, 0.6) is 0 Å². The number of nitrogens with one attached hydrogen (secondary N) is 1. The van der Waals surface area contributed by atoms with Crippen molar-refractivity contribution in [2.45, 2.75) is 71.9 Å². The Morgan fingerprint density at radius 3 is 2.71 bits per heavy atom. The normalized spacial score (nSPS) is 13.2. The van der Waals surface area contributed by atoms with Gasteiger partial charge in [-0.3, -0.25) is 4.79 Å². The molecular formula is C20H25ClN4O5S. The molecular weight excluding hydrogens is 444 g/mol. The fourth-order valence-electron chi connectivity index (χ4n) is 3.56. The van der Waals surface area contributed by atoms with Crippen LogP contribution in [-0.4, -0.2) is 32.7 Å². The number of halogens is 1. The third-order valence-corrected chi connectivity index (χ3v) is 6.68. The monoisotopic (exact) mass is 468 g/mol. The highest BCUT2D eigenvalue weighted by Crippen LogP contribution is 2.39. The smallest absolute Gasteiger partial charge is 0.408 e. The van der Waals surface area contributed by atoms with E-state index in [9.17, 15) is 19.7 Å². The van der Waals surface area contributed by atoms with Gasteiger partial charge in [0.05, 0.1) is 29.0 Å². The lowest BCUT2D eigenvalue weighted by Gasteiger charge is -2.14. The van der Waals surface area contributed by atoms with Crippen LogP contribution in [0.25, 0.3) is 0 Å². The van der Waals surface area contributed by atoms with Gasteiger partial charge in [0.15, 0.2) is 5.02 Å². The Bertz CT molecular complexity index is 1010. The summed E-state index contributed by atoms with van der Waals surface area (Å²) in [5.74, 6) is -1.03. The van der Waals surface area contributed by atoms with Crippen molar-refractivity contribution in [3.8, 4) is 0 Å². The van der Waals surface area contributed by atoms with Gasteiger partial charge < -0.3 is 20.2 Å². The minimum atomic E-state index is -0.630. The molecule has 9 nitrogen and oxygen atoms in total. The molecule has 0 fully saturated rings. The van der Waals surface area contributed by atoms with Gasteiger partial charge in [-0.15, -0.1) is 11.3 Å². The van der Waals surface area contributed by atoms with Gasteiger partial charge in [-0.25, -0.2) is 4.79 Å². The molecule has 2 aromatic rings. The molecule has 11 heteroatoms. The van der Waals surface area contributed by atoms with Crippen molar-refractivity contribution < 1.29 is 19.2 Å². The van der Waals surface area contributed by atoms with E-state index in [1.54, 1.807) is 20.8 Å². The number of carbonyl (C=O) groups is 2. The number of nitro groups is 1. The van der Waals surface area contributed by atoms with Crippen LogP contribution in [0.1, 0.15) is 66.0 Å². The second-order valence-corrected chi connectivity index (χ2v) is 9.21. The summed E-state index contributed by atoms with van der Waals surface area (Å²) in [6.07, 6.45) is 4.13. The number of anilines is 1. The summed E-state index contributed by atoms with van der Waals surface area (Å²) in [6.45, 7) is 5.55. The fraction of sp³-hybridized carbons (Fsp3) is 0.550. The number of thiophene rings is 1. The van der Waals surface area contributed by atoms with Crippen molar-refractivity contribution in [3.63, 3.8) is 0 Å². The molecule has 0 saturated carbocycles. The summed E-state index contributed by atoms with van der Waals surface area (Å²) < 4.78 is 6.84. The average molecular weight is 469 g/mol. The number of fused-ring (bicyclic) bond motifs is 1. The van der Waals surface area contributed by atoms with Crippen molar-refractivity contribution in [3.05, 3.63) is 36.8 Å². The Labute approximate surface area is 188 Å². The summed E-state index contributed by atoms with van der Waals surface area (Å²) in [5.41, 5.74) is 1.96. The zero-order valence-electron chi connectivity index (χ0n) is 17.7. The number of hydrogen-bond donors (Lipinski definition) is 1. The minimum absolute atomic E-state index is 0.00641. The maximum absolute atomic E-state index is 12.7. The van der Waals surface area contributed by atoms with Crippen molar-refractivity contribution in [2.24, 2.45) is 0 Å². The number of carbonyl (C=O) groups excluding carboxylic acids is 2. The van der Waals surface area contributed by atoms with E-state index in [1.165, 1.54) is 16.0 Å². The highest BCUT2D eigenvalue weighted by molar-refractivity contribution is 7.17. The number of hydrogen-bond acceptors (Lipinski definition) is 7. The molecule has 0 spiro atoms. The average Bonchev–Trinajstić information content (AvgIpc) is 3.19. The number of rotatable bonds is 8. The second kappa shape index (κ2) is 9.78. The summed E-state index contributed by atoms with van der Waals surface area (Å²) >= 11 is 7.39. The van der Waals surface area contributed by atoms with E-state index in [0.29, 0.717) is 29.2 Å². The summed E-state index contributed by atoms with van der Waals surface area (Å²) in [5, 5.41) is 18.3. The summed E-state index contributed by atoms with van der Waals surface area (Å²) in [7, 11) is 0. The number of aryl methyl sites for hydroxylation is 2. The third kappa shape index (κ3) is 5.24. The molecule has 1 N–H and O–H groups in total. The van der Waals surface area contributed by atoms with Gasteiger partial charge in [0.2, 0.25) is 5.91 Å². The summed E-state index contributed by atoms with van der Waals surface area (Å²) in [4.78, 5) is 36.7. The Morgan fingerprint density at radius 1 is 1.35 bits per heavy atom. The second-order valence-electron chi connectivity index (χ2n) is 7.72. The first-order chi connectivity index (χ1) is 14.7. The highest BCUT2D eigenvalue weighted by atomic mass is 35.5. The Kier molecular flexibility index (Phi) is 7.32. The first kappa shape index (κ1) is 23.2. The van der Waals surface area contributed by atoms with E-state index >= 15 is 0 Å². The molecule has 1 aliphatic rings.